The van der Waals surface area contributed by atoms with Crippen LogP contribution in [-0.4, -0.2) is 29.3 Å². The van der Waals surface area contributed by atoms with Gasteiger partial charge < -0.3 is 10.2 Å². The molecule has 1 atom stereocenters. The molecule has 2 aromatic carbocycles. The first kappa shape index (κ1) is 28.2. The number of hydrogen-bond donors (Lipinski definition) is 1. The van der Waals surface area contributed by atoms with Crippen molar-refractivity contribution in [1.29, 1.82) is 0 Å². The van der Waals surface area contributed by atoms with Gasteiger partial charge in [-0.2, -0.15) is 0 Å². The molecule has 6 heteroatoms. The minimum Gasteiger partial charge on any atom is -0.354 e. The van der Waals surface area contributed by atoms with Crippen molar-refractivity contribution >= 4 is 35.0 Å². The Balaban J connectivity index is 2.20. The lowest BCUT2D eigenvalue weighted by atomic mass is 9.86. The van der Waals surface area contributed by atoms with Crippen molar-refractivity contribution in [3.8, 4) is 0 Å². The first-order valence-corrected chi connectivity index (χ1v) is 12.9. The molecule has 0 unspecified atom stereocenters. The van der Waals surface area contributed by atoms with E-state index < -0.39 is 6.04 Å². The highest BCUT2D eigenvalue weighted by molar-refractivity contribution is 6.35. The lowest BCUT2D eigenvalue weighted by Crippen LogP contribution is -2.49. The summed E-state index contributed by atoms with van der Waals surface area (Å²) in [6.45, 7) is 11.4. The highest BCUT2D eigenvalue weighted by Gasteiger charge is 2.28. The summed E-state index contributed by atoms with van der Waals surface area (Å²) < 4.78 is 0. The lowest BCUT2D eigenvalue weighted by molar-refractivity contribution is -0.141. The maximum atomic E-state index is 13.4. The fourth-order valence-corrected chi connectivity index (χ4v) is 4.29. The van der Waals surface area contributed by atoms with Gasteiger partial charge in [-0.15, -0.1) is 0 Å². The van der Waals surface area contributed by atoms with Crippen LogP contribution in [0, 0.1) is 0 Å². The van der Waals surface area contributed by atoms with E-state index in [9.17, 15) is 9.59 Å². The standard InChI is InChI=1S/C28H38Cl2N2O2/c1-6-8-17-31-27(34)25(7-2)32(19-21-12-15-23(29)18-24(21)30)26(33)16-11-20-9-13-22(14-10-20)28(3,4)5/h9-10,12-15,18,25H,6-8,11,16-17,19H2,1-5H3,(H,31,34)/t25-/m1/s1. The number of benzene rings is 2. The summed E-state index contributed by atoms with van der Waals surface area (Å²) in [6.07, 6.45) is 3.35. The minimum absolute atomic E-state index is 0.0663. The van der Waals surface area contributed by atoms with Gasteiger partial charge in [0.05, 0.1) is 0 Å². The molecule has 0 spiro atoms. The second-order valence-electron chi connectivity index (χ2n) is 9.77. The largest absolute Gasteiger partial charge is 0.354 e. The zero-order chi connectivity index (χ0) is 25.3. The third-order valence-corrected chi connectivity index (χ3v) is 6.61. The van der Waals surface area contributed by atoms with E-state index >= 15 is 0 Å². The van der Waals surface area contributed by atoms with Gasteiger partial charge in [0, 0.05) is 29.6 Å². The number of hydrogen-bond acceptors (Lipinski definition) is 2. The Labute approximate surface area is 215 Å². The average molecular weight is 506 g/mol. The number of nitrogens with one attached hydrogen (secondary N) is 1. The predicted octanol–water partition coefficient (Wildman–Crippen LogP) is 6.95. The molecular formula is C28H38Cl2N2O2. The number of carbonyl (C=O) groups is 2. The minimum atomic E-state index is -0.556. The number of rotatable bonds is 11. The van der Waals surface area contributed by atoms with Crippen LogP contribution in [0.4, 0.5) is 0 Å². The van der Waals surface area contributed by atoms with E-state index in [2.05, 4.69) is 57.3 Å². The average Bonchev–Trinajstić information content (AvgIpc) is 2.78. The molecule has 2 aromatic rings. The summed E-state index contributed by atoms with van der Waals surface area (Å²) in [7, 11) is 0. The van der Waals surface area contributed by atoms with Gasteiger partial charge in [-0.3, -0.25) is 9.59 Å². The third kappa shape index (κ3) is 8.32. The monoisotopic (exact) mass is 504 g/mol. The van der Waals surface area contributed by atoms with Crippen molar-refractivity contribution in [3.05, 3.63) is 69.2 Å². The molecule has 2 rings (SSSR count). The molecule has 2 amide bonds. The van der Waals surface area contributed by atoms with E-state index in [0.29, 0.717) is 35.9 Å². The zero-order valence-corrected chi connectivity index (χ0v) is 22.6. The Hall–Kier alpha value is -2.04. The summed E-state index contributed by atoms with van der Waals surface area (Å²) in [6, 6.07) is 13.1. The van der Waals surface area contributed by atoms with Crippen LogP contribution in [0.15, 0.2) is 42.5 Å². The van der Waals surface area contributed by atoms with Crippen molar-refractivity contribution in [2.45, 2.75) is 84.7 Å². The van der Waals surface area contributed by atoms with Crippen molar-refractivity contribution < 1.29 is 9.59 Å². The van der Waals surface area contributed by atoms with Gasteiger partial charge in [0.15, 0.2) is 0 Å². The van der Waals surface area contributed by atoms with Crippen LogP contribution in [0.5, 0.6) is 0 Å². The van der Waals surface area contributed by atoms with Crippen molar-refractivity contribution in [1.82, 2.24) is 10.2 Å². The maximum Gasteiger partial charge on any atom is 0.242 e. The van der Waals surface area contributed by atoms with Gasteiger partial charge in [-0.1, -0.05) is 94.6 Å². The molecule has 4 nitrogen and oxygen atoms in total. The molecule has 0 saturated carbocycles. The topological polar surface area (TPSA) is 49.4 Å². The molecule has 0 saturated heterocycles. The molecule has 0 bridgehead atoms. The van der Waals surface area contributed by atoms with Crippen LogP contribution in [0.1, 0.15) is 77.0 Å². The second-order valence-corrected chi connectivity index (χ2v) is 10.6. The normalized spacial score (nSPS) is 12.3. The quantitative estimate of drug-likeness (QED) is 0.336. The third-order valence-electron chi connectivity index (χ3n) is 6.02. The molecule has 1 N–H and O–H groups in total. The van der Waals surface area contributed by atoms with Crippen LogP contribution in [0.25, 0.3) is 0 Å². The highest BCUT2D eigenvalue weighted by Crippen LogP contribution is 2.25. The molecule has 0 aliphatic rings. The Bertz CT molecular complexity index is 952. The fourth-order valence-electron chi connectivity index (χ4n) is 3.83. The molecular weight excluding hydrogens is 467 g/mol. The molecule has 0 aliphatic carbocycles. The van der Waals surface area contributed by atoms with E-state index in [4.69, 9.17) is 23.2 Å². The van der Waals surface area contributed by atoms with Crippen LogP contribution in [0.3, 0.4) is 0 Å². The fraction of sp³-hybridized carbons (Fsp3) is 0.500. The maximum absolute atomic E-state index is 13.4. The van der Waals surface area contributed by atoms with Gasteiger partial charge in [0.25, 0.3) is 0 Å². The Morgan fingerprint density at radius 2 is 1.71 bits per heavy atom. The first-order valence-electron chi connectivity index (χ1n) is 12.2. The molecule has 0 aromatic heterocycles. The number of amides is 2. The van der Waals surface area contributed by atoms with Gasteiger partial charge in [-0.25, -0.2) is 0 Å². The molecule has 0 radical (unpaired) electrons. The van der Waals surface area contributed by atoms with E-state index in [-0.39, 0.29) is 23.8 Å². The Morgan fingerprint density at radius 1 is 1.03 bits per heavy atom. The summed E-state index contributed by atoms with van der Waals surface area (Å²) in [5, 5.41) is 4.01. The van der Waals surface area contributed by atoms with E-state index in [1.165, 1.54) is 5.56 Å². The van der Waals surface area contributed by atoms with Gasteiger partial charge in [0.1, 0.15) is 6.04 Å². The highest BCUT2D eigenvalue weighted by atomic mass is 35.5. The molecule has 0 aliphatic heterocycles. The summed E-state index contributed by atoms with van der Waals surface area (Å²) >= 11 is 12.5. The molecule has 186 valence electrons. The SMILES string of the molecule is CCCCNC(=O)[C@@H](CC)N(Cc1ccc(Cl)cc1Cl)C(=O)CCc1ccc(C(C)(C)C)cc1. The van der Waals surface area contributed by atoms with Gasteiger partial charge >= 0.3 is 0 Å². The first-order chi connectivity index (χ1) is 16.1. The van der Waals surface area contributed by atoms with Crippen molar-refractivity contribution in [2.24, 2.45) is 0 Å². The van der Waals surface area contributed by atoms with Crippen LogP contribution in [0.2, 0.25) is 10.0 Å². The van der Waals surface area contributed by atoms with E-state index in [1.807, 2.05) is 13.0 Å². The van der Waals surface area contributed by atoms with E-state index in [0.717, 1.165) is 24.0 Å². The van der Waals surface area contributed by atoms with Gasteiger partial charge in [-0.05, 0) is 53.5 Å². The van der Waals surface area contributed by atoms with Gasteiger partial charge in [0.2, 0.25) is 11.8 Å². The zero-order valence-electron chi connectivity index (χ0n) is 21.1. The summed E-state index contributed by atoms with van der Waals surface area (Å²) in [5.74, 6) is -0.188. The number of aryl methyl sites for hydroxylation is 1. The number of unbranched alkanes of at least 4 members (excludes halogenated alkanes) is 1. The predicted molar refractivity (Wildman–Crippen MR) is 142 cm³/mol. The lowest BCUT2D eigenvalue weighted by Gasteiger charge is -2.31. The van der Waals surface area contributed by atoms with Crippen LogP contribution < -0.4 is 5.32 Å². The second kappa shape index (κ2) is 13.2. The summed E-state index contributed by atoms with van der Waals surface area (Å²) in [4.78, 5) is 28.1. The van der Waals surface area contributed by atoms with E-state index in [1.54, 1.807) is 17.0 Å². The van der Waals surface area contributed by atoms with Crippen molar-refractivity contribution in [2.75, 3.05) is 6.54 Å². The molecule has 0 fully saturated rings. The number of nitrogens with zero attached hydrogens (tertiary/aromatic N) is 1. The van der Waals surface area contributed by atoms with Crippen molar-refractivity contribution in [3.63, 3.8) is 0 Å². The number of carbonyl (C=O) groups excluding carboxylic acids is 2. The number of halogens is 2. The molecule has 0 heterocycles. The Kier molecular flexibility index (Phi) is 10.9. The smallest absolute Gasteiger partial charge is 0.242 e. The Morgan fingerprint density at radius 3 is 2.26 bits per heavy atom. The van der Waals surface area contributed by atoms with Crippen LogP contribution >= 0.6 is 23.2 Å². The summed E-state index contributed by atoms with van der Waals surface area (Å²) in [5.41, 5.74) is 3.22. The molecule has 34 heavy (non-hydrogen) atoms. The van der Waals surface area contributed by atoms with Crippen LogP contribution in [-0.2, 0) is 28.0 Å².